The Kier molecular flexibility index (Phi) is 3.44. The molecule has 0 radical (unpaired) electrons. The van der Waals surface area contributed by atoms with Crippen molar-refractivity contribution < 1.29 is 8.78 Å². The first-order chi connectivity index (χ1) is 6.06. The molecule has 0 amide bonds. The summed E-state index contributed by atoms with van der Waals surface area (Å²) in [5.74, 6) is 0.0470. The highest BCUT2D eigenvalue weighted by Gasteiger charge is 2.13. The van der Waals surface area contributed by atoms with Crippen LogP contribution in [0.15, 0.2) is 10.5 Å². The molecule has 0 atom stereocenters. The van der Waals surface area contributed by atoms with E-state index in [0.29, 0.717) is 10.2 Å². The van der Waals surface area contributed by atoms with Crippen molar-refractivity contribution in [1.82, 2.24) is 4.98 Å². The zero-order valence-electron chi connectivity index (χ0n) is 6.40. The van der Waals surface area contributed by atoms with Crippen molar-refractivity contribution in [2.45, 2.75) is 12.3 Å². The summed E-state index contributed by atoms with van der Waals surface area (Å²) < 4.78 is 24.9. The minimum Gasteiger partial charge on any atom is -0.398 e. The highest BCUT2D eigenvalue weighted by Crippen LogP contribution is 2.28. The molecule has 0 saturated heterocycles. The highest BCUT2D eigenvalue weighted by molar-refractivity contribution is 9.10. The lowest BCUT2D eigenvalue weighted by Gasteiger charge is -2.06. The molecule has 72 valence electrons. The molecule has 0 fully saturated rings. The lowest BCUT2D eigenvalue weighted by molar-refractivity contribution is 0.146. The molecule has 1 aromatic rings. The quantitative estimate of drug-likeness (QED) is 0.840. The standard InChI is InChI=1S/C7H6BrClF2N2/c8-6-3(12)1-4(7(10)11)13-5(6)2-9/h1,7H,2H2,(H2,12,13). The van der Waals surface area contributed by atoms with Crippen LogP contribution in [0.2, 0.25) is 0 Å². The molecule has 0 aliphatic heterocycles. The van der Waals surface area contributed by atoms with Crippen molar-refractivity contribution in [3.05, 3.63) is 21.9 Å². The van der Waals surface area contributed by atoms with Gasteiger partial charge in [0.05, 0.1) is 16.0 Å². The van der Waals surface area contributed by atoms with Crippen LogP contribution in [0.4, 0.5) is 14.5 Å². The molecule has 0 spiro atoms. The van der Waals surface area contributed by atoms with E-state index < -0.39 is 6.43 Å². The van der Waals surface area contributed by atoms with Gasteiger partial charge in [0.15, 0.2) is 0 Å². The second kappa shape index (κ2) is 4.19. The van der Waals surface area contributed by atoms with Gasteiger partial charge >= 0.3 is 0 Å². The first-order valence-corrected chi connectivity index (χ1v) is 4.68. The van der Waals surface area contributed by atoms with Gasteiger partial charge in [0.25, 0.3) is 6.43 Å². The van der Waals surface area contributed by atoms with Crippen LogP contribution in [0.25, 0.3) is 0 Å². The smallest absolute Gasteiger partial charge is 0.280 e. The summed E-state index contributed by atoms with van der Waals surface area (Å²) in [6.45, 7) is 0. The molecule has 1 heterocycles. The van der Waals surface area contributed by atoms with Gasteiger partial charge in [-0.2, -0.15) is 0 Å². The number of hydrogen-bond acceptors (Lipinski definition) is 2. The van der Waals surface area contributed by atoms with Gasteiger partial charge < -0.3 is 5.73 Å². The number of alkyl halides is 3. The molecule has 0 aliphatic carbocycles. The van der Waals surface area contributed by atoms with Crippen LogP contribution in [-0.2, 0) is 5.88 Å². The van der Waals surface area contributed by atoms with Gasteiger partial charge in [-0.3, -0.25) is 0 Å². The number of anilines is 1. The molecule has 0 bridgehead atoms. The Bertz CT molecular complexity index is 320. The lowest BCUT2D eigenvalue weighted by Crippen LogP contribution is -2.00. The molecular formula is C7H6BrClF2N2. The van der Waals surface area contributed by atoms with Crippen LogP contribution in [0, 0.1) is 0 Å². The summed E-state index contributed by atoms with van der Waals surface area (Å²) >= 11 is 8.59. The molecule has 1 aromatic heterocycles. The Balaban J connectivity index is 3.22. The number of halogens is 4. The maximum absolute atomic E-state index is 12.2. The Morgan fingerprint density at radius 2 is 2.23 bits per heavy atom. The van der Waals surface area contributed by atoms with Gasteiger partial charge in [-0.15, -0.1) is 11.6 Å². The first kappa shape index (κ1) is 10.7. The van der Waals surface area contributed by atoms with Crippen molar-refractivity contribution >= 4 is 33.2 Å². The van der Waals surface area contributed by atoms with E-state index >= 15 is 0 Å². The summed E-state index contributed by atoms with van der Waals surface area (Å²) in [7, 11) is 0. The maximum atomic E-state index is 12.2. The molecule has 0 saturated carbocycles. The molecule has 1 rings (SSSR count). The van der Waals surface area contributed by atoms with Crippen LogP contribution in [0.5, 0.6) is 0 Å². The number of pyridine rings is 1. The van der Waals surface area contributed by atoms with E-state index in [2.05, 4.69) is 20.9 Å². The van der Waals surface area contributed by atoms with E-state index in [0.717, 1.165) is 6.07 Å². The van der Waals surface area contributed by atoms with E-state index in [1.165, 1.54) is 0 Å². The minimum absolute atomic E-state index is 0.0470. The summed E-state index contributed by atoms with van der Waals surface area (Å²) in [6, 6.07) is 1.13. The fourth-order valence-electron chi connectivity index (χ4n) is 0.827. The SMILES string of the molecule is Nc1cc(C(F)F)nc(CCl)c1Br. The van der Waals surface area contributed by atoms with E-state index in [-0.39, 0.29) is 17.3 Å². The third-order valence-electron chi connectivity index (χ3n) is 1.42. The van der Waals surface area contributed by atoms with E-state index in [1.807, 2.05) is 0 Å². The average Bonchev–Trinajstić information content (AvgIpc) is 2.09. The average molecular weight is 271 g/mol. The third-order valence-corrected chi connectivity index (χ3v) is 2.59. The topological polar surface area (TPSA) is 38.9 Å². The Hall–Kier alpha value is -0.420. The van der Waals surface area contributed by atoms with Crippen molar-refractivity contribution in [3.63, 3.8) is 0 Å². The van der Waals surface area contributed by atoms with Crippen molar-refractivity contribution in [3.8, 4) is 0 Å². The summed E-state index contributed by atoms with van der Waals surface area (Å²) in [6.07, 6.45) is -2.63. The number of rotatable bonds is 2. The molecule has 0 unspecified atom stereocenters. The van der Waals surface area contributed by atoms with Gasteiger partial charge in [-0.05, 0) is 22.0 Å². The van der Waals surface area contributed by atoms with E-state index in [4.69, 9.17) is 17.3 Å². The first-order valence-electron chi connectivity index (χ1n) is 3.35. The molecule has 2 nitrogen and oxygen atoms in total. The molecule has 6 heteroatoms. The lowest BCUT2D eigenvalue weighted by atomic mass is 10.3. The van der Waals surface area contributed by atoms with Crippen LogP contribution >= 0.6 is 27.5 Å². The predicted molar refractivity (Wildman–Crippen MR) is 50.9 cm³/mol. The molecule has 13 heavy (non-hydrogen) atoms. The fraction of sp³-hybridized carbons (Fsp3) is 0.286. The van der Waals surface area contributed by atoms with Crippen LogP contribution in [-0.4, -0.2) is 4.98 Å². The van der Waals surface area contributed by atoms with E-state index in [9.17, 15) is 8.78 Å². The monoisotopic (exact) mass is 270 g/mol. The zero-order chi connectivity index (χ0) is 10.0. The number of aromatic nitrogens is 1. The summed E-state index contributed by atoms with van der Waals surface area (Å²) in [5.41, 5.74) is 5.66. The van der Waals surface area contributed by atoms with Crippen molar-refractivity contribution in [2.24, 2.45) is 0 Å². The van der Waals surface area contributed by atoms with Crippen LogP contribution < -0.4 is 5.73 Å². The van der Waals surface area contributed by atoms with Gasteiger partial charge in [0.2, 0.25) is 0 Å². The van der Waals surface area contributed by atoms with Crippen LogP contribution in [0.3, 0.4) is 0 Å². The normalized spacial score (nSPS) is 10.8. The molecule has 0 aromatic carbocycles. The maximum Gasteiger partial charge on any atom is 0.280 e. The number of nitrogen functional groups attached to an aromatic ring is 1. The molecular weight excluding hydrogens is 265 g/mol. The second-order valence-corrected chi connectivity index (χ2v) is 3.39. The predicted octanol–water partition coefficient (Wildman–Crippen LogP) is 3.10. The highest BCUT2D eigenvalue weighted by atomic mass is 79.9. The fourth-order valence-corrected chi connectivity index (χ4v) is 1.52. The second-order valence-electron chi connectivity index (χ2n) is 2.33. The van der Waals surface area contributed by atoms with Gasteiger partial charge in [-0.1, -0.05) is 0 Å². The van der Waals surface area contributed by atoms with Gasteiger partial charge in [0.1, 0.15) is 5.69 Å². The Labute approximate surface area is 87.2 Å². The molecule has 2 N–H and O–H groups in total. The Morgan fingerprint density at radius 3 is 2.69 bits per heavy atom. The van der Waals surface area contributed by atoms with E-state index in [1.54, 1.807) is 0 Å². The summed E-state index contributed by atoms with van der Waals surface area (Å²) in [5, 5.41) is 0. The Morgan fingerprint density at radius 1 is 1.62 bits per heavy atom. The third kappa shape index (κ3) is 2.28. The molecule has 0 aliphatic rings. The van der Waals surface area contributed by atoms with Crippen LogP contribution in [0.1, 0.15) is 17.8 Å². The van der Waals surface area contributed by atoms with Crippen molar-refractivity contribution in [2.75, 3.05) is 5.73 Å². The number of nitrogens with two attached hydrogens (primary N) is 1. The van der Waals surface area contributed by atoms with Crippen molar-refractivity contribution in [1.29, 1.82) is 0 Å². The number of hydrogen-bond donors (Lipinski definition) is 1. The number of nitrogens with zero attached hydrogens (tertiary/aromatic N) is 1. The summed E-state index contributed by atoms with van der Waals surface area (Å²) in [4.78, 5) is 3.64. The van der Waals surface area contributed by atoms with Gasteiger partial charge in [0, 0.05) is 5.69 Å². The largest absolute Gasteiger partial charge is 0.398 e. The van der Waals surface area contributed by atoms with Gasteiger partial charge in [-0.25, -0.2) is 13.8 Å². The minimum atomic E-state index is -2.63. The zero-order valence-corrected chi connectivity index (χ0v) is 8.74.